The van der Waals surface area contributed by atoms with E-state index in [1.807, 2.05) is 0 Å². The van der Waals surface area contributed by atoms with Gasteiger partial charge in [0.15, 0.2) is 0 Å². The zero-order valence-corrected chi connectivity index (χ0v) is 12.6. The molecule has 1 fully saturated rings. The Morgan fingerprint density at radius 3 is 1.52 bits per heavy atom. The van der Waals surface area contributed by atoms with Gasteiger partial charge in [-0.2, -0.15) is 0 Å². The minimum absolute atomic E-state index is 0.464. The van der Waals surface area contributed by atoms with Crippen molar-refractivity contribution in [2.45, 2.75) is 50.7 Å². The molecular formula is C20H24O. The molecule has 1 aliphatic rings. The lowest BCUT2D eigenvalue weighted by molar-refractivity contribution is 0.0366. The molecule has 2 unspecified atom stereocenters. The standard InChI is InChI=1S/C20H24O/c1-3-7-17(8-4-1)11-13-19-15-16-20(21-19)14-12-18-9-5-2-6-10-18/h1-10,19-20H,11-16H2. The second-order valence-electron chi connectivity index (χ2n) is 6.01. The minimum atomic E-state index is 0.464. The molecule has 0 radical (unpaired) electrons. The van der Waals surface area contributed by atoms with E-state index in [1.54, 1.807) is 0 Å². The van der Waals surface area contributed by atoms with Crippen molar-refractivity contribution in [3.63, 3.8) is 0 Å². The summed E-state index contributed by atoms with van der Waals surface area (Å²) in [6.45, 7) is 0. The summed E-state index contributed by atoms with van der Waals surface area (Å²) >= 11 is 0. The summed E-state index contributed by atoms with van der Waals surface area (Å²) in [5, 5.41) is 0. The predicted molar refractivity (Wildman–Crippen MR) is 87.4 cm³/mol. The molecule has 110 valence electrons. The number of benzene rings is 2. The number of rotatable bonds is 6. The molecule has 0 aromatic heterocycles. The van der Waals surface area contributed by atoms with Gasteiger partial charge in [-0.3, -0.25) is 0 Å². The molecule has 0 amide bonds. The van der Waals surface area contributed by atoms with E-state index in [1.165, 1.54) is 24.0 Å². The van der Waals surface area contributed by atoms with Gasteiger partial charge in [0.2, 0.25) is 0 Å². The van der Waals surface area contributed by atoms with Crippen LogP contribution in [0, 0.1) is 0 Å². The molecule has 0 spiro atoms. The fourth-order valence-corrected chi connectivity index (χ4v) is 3.15. The van der Waals surface area contributed by atoms with Crippen LogP contribution in [-0.4, -0.2) is 12.2 Å². The Kier molecular flexibility index (Phi) is 5.07. The van der Waals surface area contributed by atoms with E-state index in [0.29, 0.717) is 12.2 Å². The summed E-state index contributed by atoms with van der Waals surface area (Å²) in [6.07, 6.45) is 7.97. The van der Waals surface area contributed by atoms with Crippen molar-refractivity contribution in [2.24, 2.45) is 0 Å². The van der Waals surface area contributed by atoms with Gasteiger partial charge in [0.25, 0.3) is 0 Å². The third-order valence-corrected chi connectivity index (χ3v) is 4.39. The van der Waals surface area contributed by atoms with Crippen LogP contribution in [-0.2, 0) is 17.6 Å². The molecule has 21 heavy (non-hydrogen) atoms. The van der Waals surface area contributed by atoms with Crippen LogP contribution in [0.4, 0.5) is 0 Å². The second kappa shape index (κ2) is 7.42. The SMILES string of the molecule is c1ccc(CCC2CCC(CCc3ccccc3)O2)cc1. The number of hydrogen-bond acceptors (Lipinski definition) is 1. The lowest BCUT2D eigenvalue weighted by Crippen LogP contribution is -2.12. The van der Waals surface area contributed by atoms with E-state index in [-0.39, 0.29) is 0 Å². The molecule has 1 heteroatoms. The predicted octanol–water partition coefficient (Wildman–Crippen LogP) is 4.80. The quantitative estimate of drug-likeness (QED) is 0.738. The maximum atomic E-state index is 6.20. The Morgan fingerprint density at radius 1 is 0.667 bits per heavy atom. The monoisotopic (exact) mass is 280 g/mol. The van der Waals surface area contributed by atoms with E-state index < -0.39 is 0 Å². The van der Waals surface area contributed by atoms with Crippen LogP contribution in [0.3, 0.4) is 0 Å². The van der Waals surface area contributed by atoms with E-state index in [0.717, 1.165) is 25.7 Å². The normalized spacial score (nSPS) is 21.5. The van der Waals surface area contributed by atoms with Crippen molar-refractivity contribution < 1.29 is 4.74 Å². The Morgan fingerprint density at radius 2 is 1.10 bits per heavy atom. The highest BCUT2D eigenvalue weighted by Gasteiger charge is 2.24. The van der Waals surface area contributed by atoms with E-state index in [9.17, 15) is 0 Å². The van der Waals surface area contributed by atoms with Crippen molar-refractivity contribution in [1.29, 1.82) is 0 Å². The molecule has 1 nitrogen and oxygen atoms in total. The van der Waals surface area contributed by atoms with Gasteiger partial charge in [0.05, 0.1) is 12.2 Å². The lowest BCUT2D eigenvalue weighted by atomic mass is 10.0. The maximum absolute atomic E-state index is 6.20. The zero-order chi connectivity index (χ0) is 14.3. The van der Waals surface area contributed by atoms with Gasteiger partial charge in [0, 0.05) is 0 Å². The third kappa shape index (κ3) is 4.44. The molecule has 1 aliphatic heterocycles. The Balaban J connectivity index is 1.39. The number of aryl methyl sites for hydroxylation is 2. The molecule has 0 N–H and O–H groups in total. The highest BCUT2D eigenvalue weighted by Crippen LogP contribution is 2.26. The van der Waals surface area contributed by atoms with E-state index in [2.05, 4.69) is 60.7 Å². The second-order valence-corrected chi connectivity index (χ2v) is 6.01. The molecule has 0 saturated carbocycles. The van der Waals surface area contributed by atoms with Crippen molar-refractivity contribution in [1.82, 2.24) is 0 Å². The molecule has 2 aromatic carbocycles. The van der Waals surface area contributed by atoms with Crippen LogP contribution in [0.2, 0.25) is 0 Å². The summed E-state index contributed by atoms with van der Waals surface area (Å²) in [6, 6.07) is 21.5. The van der Waals surface area contributed by atoms with E-state index in [4.69, 9.17) is 4.74 Å². The first-order valence-electron chi connectivity index (χ1n) is 8.13. The van der Waals surface area contributed by atoms with Gasteiger partial charge in [-0.05, 0) is 49.7 Å². The largest absolute Gasteiger partial charge is 0.375 e. The molecule has 2 atom stereocenters. The molecule has 2 aromatic rings. The summed E-state index contributed by atoms with van der Waals surface area (Å²) < 4.78 is 6.20. The summed E-state index contributed by atoms with van der Waals surface area (Å²) in [5.41, 5.74) is 2.85. The molecule has 3 rings (SSSR count). The molecule has 0 aliphatic carbocycles. The Bertz CT molecular complexity index is 471. The van der Waals surface area contributed by atoms with Gasteiger partial charge < -0.3 is 4.74 Å². The van der Waals surface area contributed by atoms with Gasteiger partial charge in [-0.25, -0.2) is 0 Å². The minimum Gasteiger partial charge on any atom is -0.375 e. The van der Waals surface area contributed by atoms with Crippen LogP contribution in [0.5, 0.6) is 0 Å². The van der Waals surface area contributed by atoms with Crippen LogP contribution >= 0.6 is 0 Å². The summed E-state index contributed by atoms with van der Waals surface area (Å²) in [4.78, 5) is 0. The average Bonchev–Trinajstić information content (AvgIpc) is 3.01. The van der Waals surface area contributed by atoms with Gasteiger partial charge >= 0.3 is 0 Å². The van der Waals surface area contributed by atoms with Crippen LogP contribution in [0.25, 0.3) is 0 Å². The van der Waals surface area contributed by atoms with Crippen molar-refractivity contribution in [2.75, 3.05) is 0 Å². The van der Waals surface area contributed by atoms with Gasteiger partial charge in [-0.15, -0.1) is 0 Å². The van der Waals surface area contributed by atoms with E-state index >= 15 is 0 Å². The van der Waals surface area contributed by atoms with Crippen molar-refractivity contribution in [3.8, 4) is 0 Å². The third-order valence-electron chi connectivity index (χ3n) is 4.39. The first kappa shape index (κ1) is 14.3. The van der Waals surface area contributed by atoms with Crippen LogP contribution in [0.15, 0.2) is 60.7 Å². The molecule has 1 saturated heterocycles. The summed E-state index contributed by atoms with van der Waals surface area (Å²) in [5.74, 6) is 0. The van der Waals surface area contributed by atoms with Crippen molar-refractivity contribution >= 4 is 0 Å². The molecular weight excluding hydrogens is 256 g/mol. The first-order valence-corrected chi connectivity index (χ1v) is 8.13. The first-order chi connectivity index (χ1) is 10.4. The van der Waals surface area contributed by atoms with Crippen LogP contribution in [0.1, 0.15) is 36.8 Å². The Labute approximate surface area is 128 Å². The number of hydrogen-bond donors (Lipinski definition) is 0. The lowest BCUT2D eigenvalue weighted by Gasteiger charge is -2.14. The fourth-order valence-electron chi connectivity index (χ4n) is 3.15. The zero-order valence-electron chi connectivity index (χ0n) is 12.6. The van der Waals surface area contributed by atoms with Crippen molar-refractivity contribution in [3.05, 3.63) is 71.8 Å². The van der Waals surface area contributed by atoms with Gasteiger partial charge in [-0.1, -0.05) is 60.7 Å². The highest BCUT2D eigenvalue weighted by atomic mass is 16.5. The highest BCUT2D eigenvalue weighted by molar-refractivity contribution is 5.15. The smallest absolute Gasteiger partial charge is 0.0583 e. The van der Waals surface area contributed by atoms with Crippen LogP contribution < -0.4 is 0 Å². The molecule has 1 heterocycles. The molecule has 0 bridgehead atoms. The maximum Gasteiger partial charge on any atom is 0.0583 e. The summed E-state index contributed by atoms with van der Waals surface area (Å²) in [7, 11) is 0. The average molecular weight is 280 g/mol. The fraction of sp³-hybridized carbons (Fsp3) is 0.400. The van der Waals surface area contributed by atoms with Gasteiger partial charge in [0.1, 0.15) is 0 Å². The number of ether oxygens (including phenoxy) is 1. The Hall–Kier alpha value is -1.60. The topological polar surface area (TPSA) is 9.23 Å².